The third-order valence-electron chi connectivity index (χ3n) is 3.27. The summed E-state index contributed by atoms with van der Waals surface area (Å²) >= 11 is 0. The molecule has 1 heterocycles. The number of nitrogens with zero attached hydrogens (tertiary/aromatic N) is 3. The maximum atomic E-state index is 11.7. The van der Waals surface area contributed by atoms with Crippen molar-refractivity contribution in [3.63, 3.8) is 0 Å². The minimum Gasteiger partial charge on any atom is -0.491 e. The fourth-order valence-electron chi connectivity index (χ4n) is 2.21. The Morgan fingerprint density at radius 3 is 2.61 bits per heavy atom. The average molecular weight is 387 g/mol. The van der Waals surface area contributed by atoms with Gasteiger partial charge in [0, 0.05) is 17.8 Å². The summed E-state index contributed by atoms with van der Waals surface area (Å²) in [6, 6.07) is 5.74. The molecule has 0 aliphatic carbocycles. The van der Waals surface area contributed by atoms with Crippen LogP contribution in [0, 0.1) is 12.8 Å². The molecule has 0 amide bonds. The highest BCUT2D eigenvalue weighted by molar-refractivity contribution is 5.91. The van der Waals surface area contributed by atoms with Crippen LogP contribution in [-0.2, 0) is 14.3 Å². The molecule has 0 unspecified atom stereocenters. The predicted molar refractivity (Wildman–Crippen MR) is 104 cm³/mol. The molecule has 0 atom stereocenters. The lowest BCUT2D eigenvalue weighted by atomic mass is 10.1. The topological polar surface area (TPSA) is 92.5 Å². The van der Waals surface area contributed by atoms with Gasteiger partial charge in [-0.1, -0.05) is 13.8 Å². The Balaban J connectivity index is 2.02. The van der Waals surface area contributed by atoms with Gasteiger partial charge in [-0.15, -0.1) is 5.10 Å². The zero-order chi connectivity index (χ0) is 20.7. The Hall–Kier alpha value is -3.16. The molecule has 0 bridgehead atoms. The number of aryl methyl sites for hydroxylation is 1. The SMILES string of the molecule is Cc1cc(OC(C)C)cc(-c2ncn(/C=C\C(=O)OC(=O)OCC(C)C)n2)c1. The number of ether oxygens (including phenoxy) is 3. The van der Waals surface area contributed by atoms with Gasteiger partial charge >= 0.3 is 12.1 Å². The van der Waals surface area contributed by atoms with Crippen molar-refractivity contribution in [1.29, 1.82) is 0 Å². The van der Waals surface area contributed by atoms with Crippen LogP contribution in [0.3, 0.4) is 0 Å². The second-order valence-electron chi connectivity index (χ2n) is 6.94. The first kappa shape index (κ1) is 21.1. The smallest absolute Gasteiger partial charge is 0.491 e. The Morgan fingerprint density at radius 2 is 1.93 bits per heavy atom. The van der Waals surface area contributed by atoms with Crippen molar-refractivity contribution in [3.05, 3.63) is 36.2 Å². The van der Waals surface area contributed by atoms with Crippen LogP contribution >= 0.6 is 0 Å². The van der Waals surface area contributed by atoms with Crippen LogP contribution < -0.4 is 4.74 Å². The van der Waals surface area contributed by atoms with E-state index in [1.54, 1.807) is 0 Å². The molecule has 8 heteroatoms. The molecule has 0 saturated carbocycles. The Labute approximate surface area is 164 Å². The fourth-order valence-corrected chi connectivity index (χ4v) is 2.21. The lowest BCUT2D eigenvalue weighted by molar-refractivity contribution is -0.134. The van der Waals surface area contributed by atoms with E-state index in [2.05, 4.69) is 14.8 Å². The lowest BCUT2D eigenvalue weighted by Gasteiger charge is -2.11. The molecule has 8 nitrogen and oxygen atoms in total. The molecule has 28 heavy (non-hydrogen) atoms. The van der Waals surface area contributed by atoms with Crippen LogP contribution in [0.1, 0.15) is 33.3 Å². The summed E-state index contributed by atoms with van der Waals surface area (Å²) in [5.74, 6) is 0.515. The van der Waals surface area contributed by atoms with Crippen LogP contribution in [0.25, 0.3) is 17.6 Å². The summed E-state index contributed by atoms with van der Waals surface area (Å²) in [6.07, 6.45) is 2.89. The van der Waals surface area contributed by atoms with E-state index in [0.717, 1.165) is 23.0 Å². The molecule has 0 spiro atoms. The van der Waals surface area contributed by atoms with E-state index in [1.807, 2.05) is 52.8 Å². The molecule has 150 valence electrons. The van der Waals surface area contributed by atoms with Crippen molar-refractivity contribution < 1.29 is 23.8 Å². The van der Waals surface area contributed by atoms with Crippen molar-refractivity contribution in [3.8, 4) is 17.1 Å². The normalized spacial score (nSPS) is 11.2. The van der Waals surface area contributed by atoms with Crippen LogP contribution in [0.5, 0.6) is 5.75 Å². The Morgan fingerprint density at radius 1 is 1.18 bits per heavy atom. The largest absolute Gasteiger partial charge is 0.516 e. The number of carbonyl (C=O) groups excluding carboxylic acids is 2. The number of rotatable bonds is 7. The number of hydrogen-bond donors (Lipinski definition) is 0. The molecule has 0 fully saturated rings. The fraction of sp³-hybridized carbons (Fsp3) is 0.400. The number of hydrogen-bond acceptors (Lipinski definition) is 7. The molecule has 0 radical (unpaired) electrons. The maximum Gasteiger partial charge on any atom is 0.516 e. The molecule has 2 rings (SSSR count). The van der Waals surface area contributed by atoms with E-state index in [4.69, 9.17) is 9.47 Å². The van der Waals surface area contributed by atoms with Crippen molar-refractivity contribution in [2.45, 2.75) is 40.7 Å². The quantitative estimate of drug-likeness (QED) is 0.405. The minimum absolute atomic E-state index is 0.0568. The first-order valence-electron chi connectivity index (χ1n) is 8.99. The second-order valence-corrected chi connectivity index (χ2v) is 6.94. The van der Waals surface area contributed by atoms with E-state index in [1.165, 1.54) is 17.2 Å². The van der Waals surface area contributed by atoms with Crippen LogP contribution in [0.15, 0.2) is 30.6 Å². The van der Waals surface area contributed by atoms with Crippen LogP contribution in [0.4, 0.5) is 4.79 Å². The van der Waals surface area contributed by atoms with Crippen molar-refractivity contribution >= 4 is 18.3 Å². The van der Waals surface area contributed by atoms with Gasteiger partial charge in [0.1, 0.15) is 12.1 Å². The van der Waals surface area contributed by atoms with Gasteiger partial charge in [0.2, 0.25) is 0 Å². The molecule has 0 saturated heterocycles. The van der Waals surface area contributed by atoms with Crippen molar-refractivity contribution in [1.82, 2.24) is 14.8 Å². The average Bonchev–Trinajstić information content (AvgIpc) is 3.06. The Bertz CT molecular complexity index is 855. The molecule has 0 aliphatic rings. The van der Waals surface area contributed by atoms with Gasteiger partial charge < -0.3 is 14.2 Å². The van der Waals surface area contributed by atoms with Gasteiger partial charge in [-0.3, -0.25) is 0 Å². The van der Waals surface area contributed by atoms with Crippen molar-refractivity contribution in [2.75, 3.05) is 6.61 Å². The number of aromatic nitrogens is 3. The second kappa shape index (κ2) is 9.68. The van der Waals surface area contributed by atoms with Gasteiger partial charge in [0.05, 0.1) is 12.7 Å². The minimum atomic E-state index is -1.03. The highest BCUT2D eigenvalue weighted by Gasteiger charge is 2.11. The molecular formula is C20H25N3O5. The summed E-state index contributed by atoms with van der Waals surface area (Å²) in [5, 5.41) is 4.29. The molecule has 2 aromatic rings. The summed E-state index contributed by atoms with van der Waals surface area (Å²) in [7, 11) is 0. The third kappa shape index (κ3) is 6.86. The van der Waals surface area contributed by atoms with E-state index in [9.17, 15) is 9.59 Å². The van der Waals surface area contributed by atoms with E-state index in [-0.39, 0.29) is 18.6 Å². The van der Waals surface area contributed by atoms with Gasteiger partial charge in [-0.25, -0.2) is 19.3 Å². The predicted octanol–water partition coefficient (Wildman–Crippen LogP) is 3.85. The van der Waals surface area contributed by atoms with Gasteiger partial charge in [-0.2, -0.15) is 0 Å². The highest BCUT2D eigenvalue weighted by Crippen LogP contribution is 2.24. The van der Waals surface area contributed by atoms with Gasteiger partial charge in [0.15, 0.2) is 5.82 Å². The molecule has 0 N–H and O–H groups in total. The maximum absolute atomic E-state index is 11.7. The van der Waals surface area contributed by atoms with Gasteiger partial charge in [-0.05, 0) is 50.5 Å². The number of benzene rings is 1. The zero-order valence-electron chi connectivity index (χ0n) is 16.7. The standard InChI is InChI=1S/C20H25N3O5/c1-13(2)11-26-20(25)28-18(24)6-7-23-12-21-19(22-23)16-8-15(5)9-17(10-16)27-14(3)4/h6-10,12-14H,11H2,1-5H3/b7-6-. The number of carbonyl (C=O) groups is 2. The van der Waals surface area contributed by atoms with E-state index >= 15 is 0 Å². The summed E-state index contributed by atoms with van der Waals surface area (Å²) in [4.78, 5) is 27.2. The lowest BCUT2D eigenvalue weighted by Crippen LogP contribution is -2.14. The van der Waals surface area contributed by atoms with Gasteiger partial charge in [0.25, 0.3) is 0 Å². The van der Waals surface area contributed by atoms with Crippen molar-refractivity contribution in [2.24, 2.45) is 5.92 Å². The summed E-state index contributed by atoms with van der Waals surface area (Å²) in [6.45, 7) is 9.81. The van der Waals surface area contributed by atoms with E-state index < -0.39 is 12.1 Å². The summed E-state index contributed by atoms with van der Waals surface area (Å²) in [5.41, 5.74) is 1.81. The van der Waals surface area contributed by atoms with E-state index in [0.29, 0.717) is 5.82 Å². The molecule has 1 aromatic heterocycles. The molecular weight excluding hydrogens is 362 g/mol. The summed E-state index contributed by atoms with van der Waals surface area (Å²) < 4.78 is 16.4. The molecule has 1 aromatic carbocycles. The highest BCUT2D eigenvalue weighted by atomic mass is 16.7. The molecule has 0 aliphatic heterocycles. The zero-order valence-corrected chi connectivity index (χ0v) is 16.7. The first-order valence-corrected chi connectivity index (χ1v) is 8.99. The first-order chi connectivity index (χ1) is 13.2. The monoisotopic (exact) mass is 387 g/mol. The third-order valence-corrected chi connectivity index (χ3v) is 3.27. The van der Waals surface area contributed by atoms with Crippen LogP contribution in [-0.4, -0.2) is 39.6 Å². The number of esters is 1. The Kier molecular flexibility index (Phi) is 7.31. The van der Waals surface area contributed by atoms with Crippen LogP contribution in [0.2, 0.25) is 0 Å².